The lowest BCUT2D eigenvalue weighted by Gasteiger charge is -2.08. The van der Waals surface area contributed by atoms with Crippen LogP contribution in [0.5, 0.6) is 0 Å². The summed E-state index contributed by atoms with van der Waals surface area (Å²) in [6.07, 6.45) is 2.24. The van der Waals surface area contributed by atoms with Gasteiger partial charge in [-0.1, -0.05) is 6.07 Å². The van der Waals surface area contributed by atoms with Crippen LogP contribution in [0.25, 0.3) is 0 Å². The molecule has 1 aliphatic rings. The zero-order valence-electron chi connectivity index (χ0n) is 7.76. The first-order valence-electron chi connectivity index (χ1n) is 4.70. The first kappa shape index (κ1) is 8.51. The predicted molar refractivity (Wildman–Crippen MR) is 51.8 cm³/mol. The van der Waals surface area contributed by atoms with E-state index in [4.69, 9.17) is 0 Å². The normalized spacial score (nSPS) is 22.1. The minimum atomic E-state index is 0.0550. The zero-order chi connectivity index (χ0) is 9.26. The van der Waals surface area contributed by atoms with Gasteiger partial charge in [0.05, 0.1) is 0 Å². The van der Waals surface area contributed by atoms with Crippen molar-refractivity contribution in [3.63, 3.8) is 0 Å². The Hall–Kier alpha value is -1.09. The average molecular weight is 178 g/mol. The highest BCUT2D eigenvalue weighted by Gasteiger charge is 2.18. The first-order valence-corrected chi connectivity index (χ1v) is 4.70. The Morgan fingerprint density at radius 2 is 2.31 bits per heavy atom. The van der Waals surface area contributed by atoms with Gasteiger partial charge in [-0.25, -0.2) is 0 Å². The maximum Gasteiger partial charge on any atom is 0.252 e. The Kier molecular flexibility index (Phi) is 2.19. The molecule has 0 amide bonds. The molecule has 70 valence electrons. The van der Waals surface area contributed by atoms with Crippen LogP contribution in [0.4, 0.5) is 0 Å². The summed E-state index contributed by atoms with van der Waals surface area (Å²) in [5, 5.41) is 3.31. The van der Waals surface area contributed by atoms with E-state index in [0.717, 1.165) is 30.6 Å². The van der Waals surface area contributed by atoms with Gasteiger partial charge < -0.3 is 10.3 Å². The topological polar surface area (TPSA) is 44.9 Å². The van der Waals surface area contributed by atoms with Crippen LogP contribution in [0.1, 0.15) is 30.1 Å². The molecule has 1 fully saturated rings. The van der Waals surface area contributed by atoms with Crippen molar-refractivity contribution in [1.82, 2.24) is 10.3 Å². The highest BCUT2D eigenvalue weighted by molar-refractivity contribution is 5.18. The van der Waals surface area contributed by atoms with Gasteiger partial charge in [0, 0.05) is 17.3 Å². The summed E-state index contributed by atoms with van der Waals surface area (Å²) in [6, 6.07) is 4.15. The Balaban J connectivity index is 2.34. The van der Waals surface area contributed by atoms with E-state index in [9.17, 15) is 4.79 Å². The van der Waals surface area contributed by atoms with Crippen LogP contribution in [0.15, 0.2) is 16.9 Å². The Labute approximate surface area is 77.2 Å². The molecule has 0 bridgehead atoms. The summed E-state index contributed by atoms with van der Waals surface area (Å²) in [5.74, 6) is 0. The molecular formula is C10H14N2O. The summed E-state index contributed by atoms with van der Waals surface area (Å²) < 4.78 is 0. The van der Waals surface area contributed by atoms with Gasteiger partial charge in [0.1, 0.15) is 0 Å². The van der Waals surface area contributed by atoms with Crippen LogP contribution >= 0.6 is 0 Å². The monoisotopic (exact) mass is 178 g/mol. The number of rotatable bonds is 1. The van der Waals surface area contributed by atoms with E-state index in [1.54, 1.807) is 0 Å². The van der Waals surface area contributed by atoms with Crippen molar-refractivity contribution >= 4 is 0 Å². The van der Waals surface area contributed by atoms with Crippen molar-refractivity contribution in [3.05, 3.63) is 33.7 Å². The molecule has 2 N–H and O–H groups in total. The molecule has 3 heteroatoms. The van der Waals surface area contributed by atoms with Gasteiger partial charge in [0.15, 0.2) is 0 Å². The van der Waals surface area contributed by atoms with E-state index in [0.29, 0.717) is 0 Å². The number of pyridine rings is 1. The molecule has 0 unspecified atom stereocenters. The van der Waals surface area contributed by atoms with Crippen LogP contribution in [-0.2, 0) is 0 Å². The molecule has 13 heavy (non-hydrogen) atoms. The van der Waals surface area contributed by atoms with E-state index in [1.807, 2.05) is 19.1 Å². The molecule has 0 spiro atoms. The summed E-state index contributed by atoms with van der Waals surface area (Å²) >= 11 is 0. The van der Waals surface area contributed by atoms with Crippen LogP contribution in [0, 0.1) is 6.92 Å². The maximum absolute atomic E-state index is 11.5. The Bertz CT molecular complexity index is 350. The second-order valence-electron chi connectivity index (χ2n) is 3.57. The second kappa shape index (κ2) is 3.34. The third kappa shape index (κ3) is 1.65. The lowest BCUT2D eigenvalue weighted by molar-refractivity contribution is 0.638. The van der Waals surface area contributed by atoms with Gasteiger partial charge >= 0.3 is 0 Å². The molecule has 1 aliphatic heterocycles. The molecule has 0 aromatic carbocycles. The number of H-pyrrole nitrogens is 1. The van der Waals surface area contributed by atoms with Crippen molar-refractivity contribution in [2.75, 3.05) is 6.54 Å². The first-order chi connectivity index (χ1) is 6.27. The summed E-state index contributed by atoms with van der Waals surface area (Å²) in [5.41, 5.74) is 1.86. The summed E-state index contributed by atoms with van der Waals surface area (Å²) in [7, 11) is 0. The van der Waals surface area contributed by atoms with E-state index < -0.39 is 0 Å². The fraction of sp³-hybridized carbons (Fsp3) is 0.500. The van der Waals surface area contributed by atoms with Crippen LogP contribution in [0.3, 0.4) is 0 Å². The minimum Gasteiger partial charge on any atom is -0.326 e. The molecule has 0 radical (unpaired) electrons. The molecule has 0 saturated carbocycles. The lowest BCUT2D eigenvalue weighted by atomic mass is 10.1. The summed E-state index contributed by atoms with van der Waals surface area (Å²) in [4.78, 5) is 14.4. The van der Waals surface area contributed by atoms with Gasteiger partial charge in [-0.15, -0.1) is 0 Å². The van der Waals surface area contributed by atoms with E-state index in [2.05, 4.69) is 10.3 Å². The van der Waals surface area contributed by atoms with Crippen molar-refractivity contribution in [1.29, 1.82) is 0 Å². The minimum absolute atomic E-state index is 0.0550. The molecule has 2 heterocycles. The maximum atomic E-state index is 11.5. The highest BCUT2D eigenvalue weighted by atomic mass is 16.1. The van der Waals surface area contributed by atoms with Crippen molar-refractivity contribution in [2.24, 2.45) is 0 Å². The molecule has 1 atom stereocenters. The predicted octanol–water partition coefficient (Wildman–Crippen LogP) is 1.11. The number of aryl methyl sites for hydroxylation is 1. The third-order valence-electron chi connectivity index (χ3n) is 2.52. The number of hydrogen-bond donors (Lipinski definition) is 2. The molecule has 3 nitrogen and oxygen atoms in total. The number of nitrogens with one attached hydrogen (secondary N) is 2. The van der Waals surface area contributed by atoms with Gasteiger partial charge in [0.2, 0.25) is 0 Å². The molecule has 2 rings (SSSR count). The van der Waals surface area contributed by atoms with Crippen molar-refractivity contribution < 1.29 is 0 Å². The fourth-order valence-electron chi connectivity index (χ4n) is 1.81. The largest absolute Gasteiger partial charge is 0.326 e. The number of hydrogen-bond acceptors (Lipinski definition) is 2. The molecular weight excluding hydrogens is 164 g/mol. The zero-order valence-corrected chi connectivity index (χ0v) is 7.76. The second-order valence-corrected chi connectivity index (χ2v) is 3.57. The van der Waals surface area contributed by atoms with Gasteiger partial charge in [-0.2, -0.15) is 0 Å². The lowest BCUT2D eigenvalue weighted by Crippen LogP contribution is -2.22. The fourth-order valence-corrected chi connectivity index (χ4v) is 1.81. The molecule has 0 aliphatic carbocycles. The van der Waals surface area contributed by atoms with E-state index in [1.165, 1.54) is 0 Å². The standard InChI is InChI=1S/C10H14N2O/c1-7-4-5-8(10(13)12-7)9-3-2-6-11-9/h4-5,9,11H,2-3,6H2,1H3,(H,12,13)/t9-/m1/s1. The van der Waals surface area contributed by atoms with Crippen LogP contribution in [0.2, 0.25) is 0 Å². The van der Waals surface area contributed by atoms with Crippen molar-refractivity contribution in [2.45, 2.75) is 25.8 Å². The SMILES string of the molecule is Cc1ccc([C@H]2CCCN2)c(=O)[nH]1. The van der Waals surface area contributed by atoms with E-state index in [-0.39, 0.29) is 11.6 Å². The van der Waals surface area contributed by atoms with Crippen LogP contribution < -0.4 is 10.9 Å². The van der Waals surface area contributed by atoms with Gasteiger partial charge in [0.25, 0.3) is 5.56 Å². The molecule has 1 aromatic heterocycles. The number of aromatic amines is 1. The highest BCUT2D eigenvalue weighted by Crippen LogP contribution is 2.19. The Morgan fingerprint density at radius 1 is 1.46 bits per heavy atom. The van der Waals surface area contributed by atoms with E-state index >= 15 is 0 Å². The third-order valence-corrected chi connectivity index (χ3v) is 2.52. The van der Waals surface area contributed by atoms with Crippen LogP contribution in [-0.4, -0.2) is 11.5 Å². The molecule has 1 aromatic rings. The Morgan fingerprint density at radius 3 is 2.92 bits per heavy atom. The van der Waals surface area contributed by atoms with Crippen molar-refractivity contribution in [3.8, 4) is 0 Å². The smallest absolute Gasteiger partial charge is 0.252 e. The quantitative estimate of drug-likeness (QED) is 0.676. The van der Waals surface area contributed by atoms with Gasteiger partial charge in [-0.3, -0.25) is 4.79 Å². The average Bonchev–Trinajstić information content (AvgIpc) is 2.56. The van der Waals surface area contributed by atoms with Gasteiger partial charge in [-0.05, 0) is 32.4 Å². The summed E-state index contributed by atoms with van der Waals surface area (Å²) in [6.45, 7) is 2.92. The molecule has 1 saturated heterocycles. The number of aromatic nitrogens is 1.